The van der Waals surface area contributed by atoms with Gasteiger partial charge in [-0.2, -0.15) is 23.5 Å². The Bertz CT molecular complexity index is 1250. The van der Waals surface area contributed by atoms with Gasteiger partial charge in [0.05, 0.1) is 36.2 Å². The minimum atomic E-state index is -4.79. The fraction of sp³-hybridized carbons (Fsp3) is 0.560. The number of nitrogens with one attached hydrogen (secondary N) is 1. The smallest absolute Gasteiger partial charge is 0.376 e. The molecule has 202 valence electrons. The zero-order valence-corrected chi connectivity index (χ0v) is 20.7. The number of amides is 1. The number of aromatic amines is 1. The van der Waals surface area contributed by atoms with Crippen molar-refractivity contribution in [1.29, 1.82) is 5.26 Å². The van der Waals surface area contributed by atoms with Crippen LogP contribution in [-0.2, 0) is 15.7 Å². The van der Waals surface area contributed by atoms with Crippen LogP contribution in [-0.4, -0.2) is 77.5 Å². The van der Waals surface area contributed by atoms with E-state index in [-0.39, 0.29) is 36.3 Å². The first-order valence-corrected chi connectivity index (χ1v) is 12.7. The Morgan fingerprint density at radius 2 is 1.92 bits per heavy atom. The Labute approximate surface area is 217 Å². The summed E-state index contributed by atoms with van der Waals surface area (Å²) >= 11 is 0. The van der Waals surface area contributed by atoms with E-state index in [0.29, 0.717) is 64.0 Å². The van der Waals surface area contributed by atoms with Crippen molar-refractivity contribution >= 4 is 17.4 Å². The van der Waals surface area contributed by atoms with E-state index in [0.717, 1.165) is 12.0 Å². The van der Waals surface area contributed by atoms with Gasteiger partial charge in [0.25, 0.3) is 5.56 Å². The van der Waals surface area contributed by atoms with Crippen LogP contribution >= 0.6 is 0 Å². The molecule has 0 aromatic carbocycles. The van der Waals surface area contributed by atoms with Crippen LogP contribution < -0.4 is 15.4 Å². The van der Waals surface area contributed by atoms with Gasteiger partial charge in [-0.3, -0.25) is 9.59 Å². The number of nitrogens with zero attached hydrogens (tertiary/aromatic N) is 6. The SMILES string of the molecule is N#Cc1ccc(N2CCN(C(=O)[C@H]3C[C@H](OC[C@@H]4CCCN4c4cn[nH]c(=O)c4C(F)(F)F)C3)CC2)nc1. The van der Waals surface area contributed by atoms with Gasteiger partial charge >= 0.3 is 6.18 Å². The summed E-state index contributed by atoms with van der Waals surface area (Å²) in [4.78, 5) is 34.7. The molecule has 2 aliphatic heterocycles. The lowest BCUT2D eigenvalue weighted by Crippen LogP contribution is -2.53. The molecule has 2 aromatic rings. The molecule has 38 heavy (non-hydrogen) atoms. The third-order valence-corrected chi connectivity index (χ3v) is 7.57. The summed E-state index contributed by atoms with van der Waals surface area (Å²) in [6, 6.07) is 5.29. The first-order chi connectivity index (χ1) is 18.2. The second kappa shape index (κ2) is 10.6. The van der Waals surface area contributed by atoms with Crippen molar-refractivity contribution in [3.63, 3.8) is 0 Å². The molecule has 4 heterocycles. The van der Waals surface area contributed by atoms with Crippen LogP contribution in [0.4, 0.5) is 24.7 Å². The van der Waals surface area contributed by atoms with Crippen molar-refractivity contribution in [3.8, 4) is 6.07 Å². The molecule has 1 aliphatic carbocycles. The quantitative estimate of drug-likeness (QED) is 0.603. The molecule has 1 saturated carbocycles. The van der Waals surface area contributed by atoms with Gasteiger partial charge in [-0.25, -0.2) is 10.1 Å². The number of H-pyrrole nitrogens is 1. The molecule has 0 radical (unpaired) electrons. The third-order valence-electron chi connectivity index (χ3n) is 7.57. The number of alkyl halides is 3. The number of hydrogen-bond acceptors (Lipinski definition) is 8. The number of halogens is 3. The molecule has 2 aromatic heterocycles. The van der Waals surface area contributed by atoms with Crippen LogP contribution in [0.15, 0.2) is 29.3 Å². The van der Waals surface area contributed by atoms with Gasteiger partial charge in [0.15, 0.2) is 0 Å². The lowest BCUT2D eigenvalue weighted by molar-refractivity contribution is -0.145. The molecule has 1 N–H and O–H groups in total. The number of pyridine rings is 1. The molecule has 5 rings (SSSR count). The van der Waals surface area contributed by atoms with Crippen LogP contribution in [0.3, 0.4) is 0 Å². The molecule has 10 nitrogen and oxygen atoms in total. The van der Waals surface area contributed by atoms with Crippen molar-refractivity contribution in [1.82, 2.24) is 20.1 Å². The van der Waals surface area contributed by atoms with E-state index in [1.807, 2.05) is 22.1 Å². The van der Waals surface area contributed by atoms with Crippen LogP contribution in [0, 0.1) is 17.2 Å². The number of aromatic nitrogens is 3. The van der Waals surface area contributed by atoms with Gasteiger partial charge in [-0.15, -0.1) is 0 Å². The van der Waals surface area contributed by atoms with Crippen molar-refractivity contribution < 1.29 is 22.7 Å². The first-order valence-electron chi connectivity index (χ1n) is 12.7. The molecular weight excluding hydrogens is 503 g/mol. The summed E-state index contributed by atoms with van der Waals surface area (Å²) in [5, 5.41) is 14.4. The molecule has 3 aliphatic rings. The Morgan fingerprint density at radius 3 is 2.58 bits per heavy atom. The van der Waals surface area contributed by atoms with E-state index in [1.165, 1.54) is 6.20 Å². The third kappa shape index (κ3) is 5.31. The maximum Gasteiger partial charge on any atom is 0.423 e. The highest BCUT2D eigenvalue weighted by Gasteiger charge is 2.42. The molecule has 13 heteroatoms. The number of rotatable bonds is 6. The number of hydrogen-bond donors (Lipinski definition) is 1. The highest BCUT2D eigenvalue weighted by Crippen LogP contribution is 2.37. The maximum atomic E-state index is 13.5. The molecule has 0 unspecified atom stereocenters. The van der Waals surface area contributed by atoms with Crippen molar-refractivity contribution in [2.75, 3.05) is 49.1 Å². The summed E-state index contributed by atoms with van der Waals surface area (Å²) in [5.74, 6) is 0.768. The Kier molecular flexibility index (Phi) is 7.25. The van der Waals surface area contributed by atoms with E-state index in [9.17, 15) is 22.8 Å². The summed E-state index contributed by atoms with van der Waals surface area (Å²) in [5.41, 5.74) is -2.20. The predicted molar refractivity (Wildman–Crippen MR) is 130 cm³/mol. The second-order valence-corrected chi connectivity index (χ2v) is 9.90. The number of carbonyl (C=O) groups is 1. The fourth-order valence-electron chi connectivity index (χ4n) is 5.41. The standard InChI is InChI=1S/C25H28F3N7O3/c26-25(27,28)22-20(14-31-32-23(22)36)35-5-1-2-18(35)15-38-19-10-17(11-19)24(37)34-8-6-33(7-9-34)21-4-3-16(12-29)13-30-21/h3-4,13-14,17-19H,1-2,5-11,15H2,(H,32,36)/t17-,18-,19-/m0/s1. The normalized spacial score (nSPS) is 23.7. The number of nitriles is 1. The first kappa shape index (κ1) is 26.0. The maximum absolute atomic E-state index is 13.5. The monoisotopic (exact) mass is 531 g/mol. The average Bonchev–Trinajstić information content (AvgIpc) is 3.35. The van der Waals surface area contributed by atoms with Crippen molar-refractivity contribution in [3.05, 3.63) is 46.0 Å². The predicted octanol–water partition coefficient (Wildman–Crippen LogP) is 2.17. The lowest BCUT2D eigenvalue weighted by atomic mass is 9.81. The average molecular weight is 532 g/mol. The van der Waals surface area contributed by atoms with E-state index < -0.39 is 17.3 Å². The molecule has 3 fully saturated rings. The molecule has 1 atom stereocenters. The second-order valence-electron chi connectivity index (χ2n) is 9.90. The van der Waals surface area contributed by atoms with E-state index in [4.69, 9.17) is 10.00 Å². The minimum Gasteiger partial charge on any atom is -0.376 e. The summed E-state index contributed by atoms with van der Waals surface area (Å²) in [6.07, 6.45) is 0.203. The summed E-state index contributed by atoms with van der Waals surface area (Å²) in [6.45, 7) is 3.11. The largest absolute Gasteiger partial charge is 0.423 e. The van der Waals surface area contributed by atoms with Crippen LogP contribution in [0.2, 0.25) is 0 Å². The lowest BCUT2D eigenvalue weighted by Gasteiger charge is -2.41. The van der Waals surface area contributed by atoms with E-state index in [1.54, 1.807) is 11.0 Å². The van der Waals surface area contributed by atoms with E-state index >= 15 is 0 Å². The zero-order chi connectivity index (χ0) is 26.9. The number of piperazine rings is 1. The summed E-state index contributed by atoms with van der Waals surface area (Å²) < 4.78 is 46.5. The minimum absolute atomic E-state index is 0.101. The van der Waals surface area contributed by atoms with Gasteiger partial charge in [0.2, 0.25) is 5.91 Å². The highest BCUT2D eigenvalue weighted by atomic mass is 19.4. The van der Waals surface area contributed by atoms with E-state index in [2.05, 4.69) is 15.0 Å². The number of ether oxygens (including phenoxy) is 1. The zero-order valence-electron chi connectivity index (χ0n) is 20.7. The Hall–Kier alpha value is -3.66. The van der Waals surface area contributed by atoms with Crippen molar-refractivity contribution in [2.45, 2.75) is 44.0 Å². The Morgan fingerprint density at radius 1 is 1.16 bits per heavy atom. The van der Waals surface area contributed by atoms with Gasteiger partial charge in [-0.1, -0.05) is 0 Å². The number of carbonyl (C=O) groups excluding carboxylic acids is 1. The van der Waals surface area contributed by atoms with Crippen LogP contribution in [0.1, 0.15) is 36.8 Å². The van der Waals surface area contributed by atoms with Gasteiger partial charge in [-0.05, 0) is 37.8 Å². The molecular formula is C25H28F3N7O3. The van der Waals surface area contributed by atoms with Crippen molar-refractivity contribution in [2.24, 2.45) is 5.92 Å². The molecule has 1 amide bonds. The fourth-order valence-corrected chi connectivity index (χ4v) is 5.41. The van der Waals surface area contributed by atoms with Crippen LogP contribution in [0.5, 0.6) is 0 Å². The molecule has 2 saturated heterocycles. The summed E-state index contributed by atoms with van der Waals surface area (Å²) in [7, 11) is 0. The number of anilines is 2. The Balaban J connectivity index is 1.09. The topological polar surface area (TPSA) is 118 Å². The molecule has 0 bridgehead atoms. The van der Waals surface area contributed by atoms with Gasteiger partial charge < -0.3 is 19.4 Å². The van der Waals surface area contributed by atoms with Gasteiger partial charge in [0.1, 0.15) is 17.5 Å². The molecule has 0 spiro atoms. The highest BCUT2D eigenvalue weighted by molar-refractivity contribution is 5.80. The van der Waals surface area contributed by atoms with Gasteiger partial charge in [0, 0.05) is 44.8 Å². The van der Waals surface area contributed by atoms with Crippen LogP contribution in [0.25, 0.3) is 0 Å².